The normalized spacial score (nSPS) is 18.1. The van der Waals surface area contributed by atoms with Crippen molar-refractivity contribution in [2.75, 3.05) is 0 Å². The predicted octanol–water partition coefficient (Wildman–Crippen LogP) is 3.01. The molecule has 0 spiro atoms. The van der Waals surface area contributed by atoms with Crippen LogP contribution in [0, 0.1) is 5.92 Å². The van der Waals surface area contributed by atoms with Crippen LogP contribution in [-0.2, 0) is 6.42 Å². The second kappa shape index (κ2) is 4.80. The first-order valence-electron chi connectivity index (χ1n) is 6.05. The summed E-state index contributed by atoms with van der Waals surface area (Å²) in [7, 11) is 0. The molecule has 1 saturated carbocycles. The molecule has 0 radical (unpaired) electrons. The van der Waals surface area contributed by atoms with Gasteiger partial charge in [-0.25, -0.2) is 0 Å². The fourth-order valence-electron chi connectivity index (χ4n) is 2.16. The molecule has 0 bridgehead atoms. The van der Waals surface area contributed by atoms with Gasteiger partial charge in [0.25, 0.3) is 0 Å². The molecule has 1 fully saturated rings. The van der Waals surface area contributed by atoms with E-state index in [1.165, 1.54) is 24.8 Å². The minimum atomic E-state index is 0.597. The molecule has 1 aromatic rings. The van der Waals surface area contributed by atoms with Gasteiger partial charge in [-0.15, -0.1) is 0 Å². The number of benzene rings is 1. The Kier molecular flexibility index (Phi) is 3.42. The number of hydrogen-bond acceptors (Lipinski definition) is 1. The van der Waals surface area contributed by atoms with Crippen LogP contribution in [0.5, 0.6) is 0 Å². The van der Waals surface area contributed by atoms with Crippen molar-refractivity contribution in [1.82, 2.24) is 5.32 Å². The third-order valence-corrected chi connectivity index (χ3v) is 3.04. The van der Waals surface area contributed by atoms with Crippen molar-refractivity contribution < 1.29 is 0 Å². The smallest absolute Gasteiger partial charge is 0.0138 e. The van der Waals surface area contributed by atoms with Gasteiger partial charge in [0.1, 0.15) is 0 Å². The standard InChI is InChI=1S/C14H21N/c1-11(2)15-14(13-8-9-13)10-12-6-4-3-5-7-12/h3-7,11,13-15H,8-10H2,1-2H3. The molecule has 82 valence electrons. The highest BCUT2D eigenvalue weighted by molar-refractivity contribution is 5.16. The van der Waals surface area contributed by atoms with E-state index in [0.29, 0.717) is 12.1 Å². The molecule has 2 rings (SSSR count). The van der Waals surface area contributed by atoms with Crippen molar-refractivity contribution in [3.8, 4) is 0 Å². The van der Waals surface area contributed by atoms with Crippen molar-refractivity contribution in [2.24, 2.45) is 5.92 Å². The summed E-state index contributed by atoms with van der Waals surface area (Å²) in [6.45, 7) is 4.47. The lowest BCUT2D eigenvalue weighted by atomic mass is 10.0. The van der Waals surface area contributed by atoms with Gasteiger partial charge in [-0.1, -0.05) is 44.2 Å². The molecule has 15 heavy (non-hydrogen) atoms. The van der Waals surface area contributed by atoms with Crippen molar-refractivity contribution in [2.45, 2.75) is 45.2 Å². The molecule has 1 aliphatic rings. The molecule has 1 nitrogen and oxygen atoms in total. The molecule has 0 heterocycles. The molecule has 1 aliphatic carbocycles. The Balaban J connectivity index is 1.94. The molecule has 0 saturated heterocycles. The Hall–Kier alpha value is -0.820. The van der Waals surface area contributed by atoms with Gasteiger partial charge in [0.2, 0.25) is 0 Å². The van der Waals surface area contributed by atoms with Gasteiger partial charge >= 0.3 is 0 Å². The van der Waals surface area contributed by atoms with Crippen LogP contribution in [0.25, 0.3) is 0 Å². The maximum absolute atomic E-state index is 3.69. The summed E-state index contributed by atoms with van der Waals surface area (Å²) in [4.78, 5) is 0. The quantitative estimate of drug-likeness (QED) is 0.775. The summed E-state index contributed by atoms with van der Waals surface area (Å²) in [6.07, 6.45) is 4.01. The summed E-state index contributed by atoms with van der Waals surface area (Å²) in [5, 5.41) is 3.69. The highest BCUT2D eigenvalue weighted by Gasteiger charge is 2.31. The van der Waals surface area contributed by atoms with Crippen LogP contribution in [0.4, 0.5) is 0 Å². The van der Waals surface area contributed by atoms with E-state index in [9.17, 15) is 0 Å². The Morgan fingerprint density at radius 2 is 1.87 bits per heavy atom. The van der Waals surface area contributed by atoms with Gasteiger partial charge in [0.15, 0.2) is 0 Å². The topological polar surface area (TPSA) is 12.0 Å². The molecule has 0 aliphatic heterocycles. The second-order valence-electron chi connectivity index (χ2n) is 4.96. The number of rotatable bonds is 5. The molecule has 1 atom stereocenters. The van der Waals surface area contributed by atoms with Crippen molar-refractivity contribution in [1.29, 1.82) is 0 Å². The first kappa shape index (κ1) is 10.7. The summed E-state index contributed by atoms with van der Waals surface area (Å²) in [6, 6.07) is 12.1. The fourth-order valence-corrected chi connectivity index (χ4v) is 2.16. The third-order valence-electron chi connectivity index (χ3n) is 3.04. The fraction of sp³-hybridized carbons (Fsp3) is 0.571. The maximum atomic E-state index is 3.69. The summed E-state index contributed by atoms with van der Waals surface area (Å²) in [5.41, 5.74) is 1.46. The van der Waals surface area contributed by atoms with Crippen LogP contribution < -0.4 is 5.32 Å². The zero-order chi connectivity index (χ0) is 10.7. The van der Waals surface area contributed by atoms with E-state index < -0.39 is 0 Å². The average molecular weight is 203 g/mol. The van der Waals surface area contributed by atoms with E-state index in [4.69, 9.17) is 0 Å². The maximum Gasteiger partial charge on any atom is 0.0138 e. The van der Waals surface area contributed by atoms with E-state index >= 15 is 0 Å². The third kappa shape index (κ3) is 3.35. The molecule has 1 heteroatoms. The highest BCUT2D eigenvalue weighted by Crippen LogP contribution is 2.34. The highest BCUT2D eigenvalue weighted by atomic mass is 15.0. The van der Waals surface area contributed by atoms with Crippen LogP contribution in [-0.4, -0.2) is 12.1 Å². The largest absolute Gasteiger partial charge is 0.311 e. The molecule has 0 amide bonds. The predicted molar refractivity (Wildman–Crippen MR) is 64.9 cm³/mol. The number of nitrogens with one attached hydrogen (secondary N) is 1. The van der Waals surface area contributed by atoms with Crippen LogP contribution in [0.3, 0.4) is 0 Å². The average Bonchev–Trinajstić information content (AvgIpc) is 3.01. The lowest BCUT2D eigenvalue weighted by molar-refractivity contribution is 0.420. The molecule has 1 aromatic carbocycles. The molecular formula is C14H21N. The van der Waals surface area contributed by atoms with E-state index in [0.717, 1.165) is 5.92 Å². The van der Waals surface area contributed by atoms with Crippen LogP contribution in [0.2, 0.25) is 0 Å². The van der Waals surface area contributed by atoms with Crippen LogP contribution >= 0.6 is 0 Å². The Morgan fingerprint density at radius 3 is 2.40 bits per heavy atom. The van der Waals surface area contributed by atoms with Gasteiger partial charge in [0.05, 0.1) is 0 Å². The summed E-state index contributed by atoms with van der Waals surface area (Å²) in [5.74, 6) is 0.924. The Morgan fingerprint density at radius 1 is 1.20 bits per heavy atom. The van der Waals surface area contributed by atoms with Gasteiger partial charge < -0.3 is 5.32 Å². The van der Waals surface area contributed by atoms with E-state index in [2.05, 4.69) is 49.5 Å². The van der Waals surface area contributed by atoms with Gasteiger partial charge in [-0.2, -0.15) is 0 Å². The first-order chi connectivity index (χ1) is 7.25. The number of hydrogen-bond donors (Lipinski definition) is 1. The lowest BCUT2D eigenvalue weighted by Gasteiger charge is -2.21. The second-order valence-corrected chi connectivity index (χ2v) is 4.96. The van der Waals surface area contributed by atoms with Crippen molar-refractivity contribution in [3.05, 3.63) is 35.9 Å². The lowest BCUT2D eigenvalue weighted by Crippen LogP contribution is -2.38. The Bertz CT molecular complexity index is 287. The zero-order valence-electron chi connectivity index (χ0n) is 9.74. The monoisotopic (exact) mass is 203 g/mol. The first-order valence-corrected chi connectivity index (χ1v) is 6.05. The zero-order valence-corrected chi connectivity index (χ0v) is 9.74. The van der Waals surface area contributed by atoms with E-state index in [-0.39, 0.29) is 0 Å². The molecule has 1 unspecified atom stereocenters. The minimum Gasteiger partial charge on any atom is -0.311 e. The van der Waals surface area contributed by atoms with Gasteiger partial charge in [-0.05, 0) is 30.7 Å². The van der Waals surface area contributed by atoms with Gasteiger partial charge in [-0.3, -0.25) is 0 Å². The van der Waals surface area contributed by atoms with Crippen molar-refractivity contribution >= 4 is 0 Å². The molecular weight excluding hydrogens is 182 g/mol. The Labute approximate surface area is 92.9 Å². The van der Waals surface area contributed by atoms with E-state index in [1.807, 2.05) is 0 Å². The molecule has 0 aromatic heterocycles. The van der Waals surface area contributed by atoms with Crippen LogP contribution in [0.15, 0.2) is 30.3 Å². The summed E-state index contributed by atoms with van der Waals surface area (Å²) >= 11 is 0. The summed E-state index contributed by atoms with van der Waals surface area (Å²) < 4.78 is 0. The van der Waals surface area contributed by atoms with Gasteiger partial charge in [0, 0.05) is 12.1 Å². The van der Waals surface area contributed by atoms with Crippen molar-refractivity contribution in [3.63, 3.8) is 0 Å². The SMILES string of the molecule is CC(C)NC(Cc1ccccc1)C1CC1. The van der Waals surface area contributed by atoms with E-state index in [1.54, 1.807) is 0 Å². The molecule has 1 N–H and O–H groups in total. The minimum absolute atomic E-state index is 0.597. The van der Waals surface area contributed by atoms with Crippen LogP contribution in [0.1, 0.15) is 32.3 Å².